The van der Waals surface area contributed by atoms with E-state index in [9.17, 15) is 4.79 Å². The van der Waals surface area contributed by atoms with Crippen molar-refractivity contribution < 1.29 is 4.79 Å². The smallest absolute Gasteiger partial charge is 0.222 e. The highest BCUT2D eigenvalue weighted by atomic mass is 35.5. The molecule has 2 aromatic rings. The molecular weight excluding hydrogens is 266 g/mol. The largest absolute Gasteiger partial charge is 0.398 e. The summed E-state index contributed by atoms with van der Waals surface area (Å²) in [6, 6.07) is 5.27. The predicted octanol–water partition coefficient (Wildman–Crippen LogP) is 1.81. The second-order valence-electron chi connectivity index (χ2n) is 3.90. The molecule has 0 atom stereocenters. The molecule has 19 heavy (non-hydrogen) atoms. The van der Waals surface area contributed by atoms with E-state index in [1.165, 1.54) is 6.92 Å². The van der Waals surface area contributed by atoms with E-state index in [-0.39, 0.29) is 18.3 Å². The van der Waals surface area contributed by atoms with Crippen LogP contribution in [0.3, 0.4) is 0 Å². The molecule has 0 saturated carbocycles. The van der Waals surface area contributed by atoms with Crippen LogP contribution < -0.4 is 11.1 Å². The number of pyridine rings is 1. The van der Waals surface area contributed by atoms with Crippen LogP contribution in [0.5, 0.6) is 0 Å². The number of halogens is 1. The number of amides is 1. The highest BCUT2D eigenvalue weighted by Gasteiger charge is 2.07. The maximum absolute atomic E-state index is 10.9. The molecule has 0 aliphatic rings. The summed E-state index contributed by atoms with van der Waals surface area (Å²) >= 11 is 0. The number of nitrogens with one attached hydrogen (secondary N) is 1. The lowest BCUT2D eigenvalue weighted by Crippen LogP contribution is -2.08. The van der Waals surface area contributed by atoms with Gasteiger partial charge in [-0.1, -0.05) is 0 Å². The maximum atomic E-state index is 10.9. The van der Waals surface area contributed by atoms with Crippen LogP contribution in [0.25, 0.3) is 11.3 Å². The Labute approximate surface area is 116 Å². The average Bonchev–Trinajstić information content (AvgIpc) is 2.30. The van der Waals surface area contributed by atoms with Crippen molar-refractivity contribution >= 4 is 29.8 Å². The van der Waals surface area contributed by atoms with Crippen molar-refractivity contribution in [1.29, 1.82) is 0 Å². The standard InChI is InChI=1S/C12H13N5O.ClH/c1-7-3-4-11(17-16-7)9-6-14-12(5-10(9)13)15-8(2)18;/h3-6H,1-2H3,(H3,13,14,15,18);1H. The van der Waals surface area contributed by atoms with Crippen molar-refractivity contribution in [3.63, 3.8) is 0 Å². The zero-order chi connectivity index (χ0) is 13.1. The van der Waals surface area contributed by atoms with E-state index in [4.69, 9.17) is 5.73 Å². The van der Waals surface area contributed by atoms with Gasteiger partial charge in [-0.2, -0.15) is 10.2 Å². The minimum absolute atomic E-state index is 0. The fraction of sp³-hybridized carbons (Fsp3) is 0.167. The number of carbonyl (C=O) groups is 1. The minimum atomic E-state index is -0.190. The zero-order valence-electron chi connectivity index (χ0n) is 10.5. The molecule has 7 heteroatoms. The minimum Gasteiger partial charge on any atom is -0.398 e. The molecule has 0 bridgehead atoms. The Morgan fingerprint density at radius 3 is 2.58 bits per heavy atom. The van der Waals surface area contributed by atoms with Gasteiger partial charge in [-0.25, -0.2) is 4.98 Å². The van der Waals surface area contributed by atoms with Gasteiger partial charge >= 0.3 is 0 Å². The van der Waals surface area contributed by atoms with Crippen molar-refractivity contribution in [1.82, 2.24) is 15.2 Å². The van der Waals surface area contributed by atoms with E-state index >= 15 is 0 Å². The van der Waals surface area contributed by atoms with Crippen molar-refractivity contribution in [2.45, 2.75) is 13.8 Å². The van der Waals surface area contributed by atoms with E-state index < -0.39 is 0 Å². The molecule has 100 valence electrons. The highest BCUT2D eigenvalue weighted by Crippen LogP contribution is 2.24. The van der Waals surface area contributed by atoms with Gasteiger partial charge in [0.1, 0.15) is 5.82 Å². The lowest BCUT2D eigenvalue weighted by molar-refractivity contribution is -0.114. The first-order valence-electron chi connectivity index (χ1n) is 5.40. The first-order chi connectivity index (χ1) is 8.56. The van der Waals surface area contributed by atoms with Gasteiger partial charge in [-0.15, -0.1) is 12.4 Å². The van der Waals surface area contributed by atoms with Gasteiger partial charge in [0, 0.05) is 30.4 Å². The third-order valence-corrected chi connectivity index (χ3v) is 2.31. The molecule has 0 unspecified atom stereocenters. The highest BCUT2D eigenvalue weighted by molar-refractivity contribution is 5.89. The van der Waals surface area contributed by atoms with Gasteiger partial charge in [-0.05, 0) is 19.1 Å². The maximum Gasteiger partial charge on any atom is 0.222 e. The third-order valence-electron chi connectivity index (χ3n) is 2.31. The summed E-state index contributed by atoms with van der Waals surface area (Å²) in [5.41, 5.74) is 8.58. The number of aryl methyl sites for hydroxylation is 1. The Kier molecular flexibility index (Phi) is 4.77. The Morgan fingerprint density at radius 1 is 1.32 bits per heavy atom. The van der Waals surface area contributed by atoms with Gasteiger partial charge in [-0.3, -0.25) is 4.79 Å². The zero-order valence-corrected chi connectivity index (χ0v) is 11.4. The summed E-state index contributed by atoms with van der Waals surface area (Å²) in [4.78, 5) is 15.0. The molecule has 0 spiro atoms. The Morgan fingerprint density at radius 2 is 2.05 bits per heavy atom. The average molecular weight is 280 g/mol. The number of nitrogen functional groups attached to an aromatic ring is 1. The van der Waals surface area contributed by atoms with E-state index in [2.05, 4.69) is 20.5 Å². The van der Waals surface area contributed by atoms with Gasteiger partial charge in [0.2, 0.25) is 5.91 Å². The summed E-state index contributed by atoms with van der Waals surface area (Å²) in [5, 5.41) is 10.6. The Balaban J connectivity index is 0.00000180. The van der Waals surface area contributed by atoms with Crippen LogP contribution in [0.15, 0.2) is 24.4 Å². The number of hydrogen-bond donors (Lipinski definition) is 2. The van der Waals surface area contributed by atoms with E-state index in [0.29, 0.717) is 22.8 Å². The number of nitrogens with two attached hydrogens (primary N) is 1. The van der Waals surface area contributed by atoms with Gasteiger partial charge in [0.05, 0.1) is 11.4 Å². The molecular formula is C12H14ClN5O. The van der Waals surface area contributed by atoms with Crippen LogP contribution in [-0.4, -0.2) is 21.1 Å². The van der Waals surface area contributed by atoms with Crippen LogP contribution in [-0.2, 0) is 4.79 Å². The predicted molar refractivity (Wildman–Crippen MR) is 76.0 cm³/mol. The first kappa shape index (κ1) is 14.8. The van der Waals surface area contributed by atoms with E-state index in [1.807, 2.05) is 19.1 Å². The van der Waals surface area contributed by atoms with Gasteiger partial charge < -0.3 is 11.1 Å². The quantitative estimate of drug-likeness (QED) is 0.874. The van der Waals surface area contributed by atoms with Crippen LogP contribution >= 0.6 is 12.4 Å². The van der Waals surface area contributed by atoms with Gasteiger partial charge in [0.15, 0.2) is 0 Å². The second kappa shape index (κ2) is 6.10. The molecule has 2 rings (SSSR count). The monoisotopic (exact) mass is 279 g/mol. The summed E-state index contributed by atoms with van der Waals surface area (Å²) in [6.07, 6.45) is 1.57. The number of anilines is 2. The van der Waals surface area contributed by atoms with E-state index in [0.717, 1.165) is 5.69 Å². The molecule has 0 aliphatic heterocycles. The number of hydrogen-bond acceptors (Lipinski definition) is 5. The molecule has 2 aromatic heterocycles. The Hall–Kier alpha value is -2.21. The normalized spacial score (nSPS) is 9.58. The first-order valence-corrected chi connectivity index (χ1v) is 5.40. The summed E-state index contributed by atoms with van der Waals surface area (Å²) in [7, 11) is 0. The number of carbonyl (C=O) groups excluding carboxylic acids is 1. The van der Waals surface area contributed by atoms with Crippen molar-refractivity contribution in [2.24, 2.45) is 0 Å². The molecule has 3 N–H and O–H groups in total. The van der Waals surface area contributed by atoms with Crippen molar-refractivity contribution in [3.8, 4) is 11.3 Å². The molecule has 2 heterocycles. The van der Waals surface area contributed by atoms with Crippen LogP contribution in [0.1, 0.15) is 12.6 Å². The van der Waals surface area contributed by atoms with Crippen LogP contribution in [0, 0.1) is 6.92 Å². The molecule has 0 radical (unpaired) electrons. The molecule has 0 saturated heterocycles. The number of rotatable bonds is 2. The van der Waals surface area contributed by atoms with Crippen molar-refractivity contribution in [2.75, 3.05) is 11.1 Å². The van der Waals surface area contributed by atoms with Crippen LogP contribution in [0.2, 0.25) is 0 Å². The summed E-state index contributed by atoms with van der Waals surface area (Å²) in [5.74, 6) is 0.230. The molecule has 0 aliphatic carbocycles. The summed E-state index contributed by atoms with van der Waals surface area (Å²) in [6.45, 7) is 3.27. The lowest BCUT2D eigenvalue weighted by Gasteiger charge is -2.07. The molecule has 1 amide bonds. The fourth-order valence-corrected chi connectivity index (χ4v) is 1.48. The topological polar surface area (TPSA) is 93.8 Å². The van der Waals surface area contributed by atoms with Crippen molar-refractivity contribution in [3.05, 3.63) is 30.1 Å². The molecule has 6 nitrogen and oxygen atoms in total. The van der Waals surface area contributed by atoms with Gasteiger partial charge in [0.25, 0.3) is 0 Å². The SMILES string of the molecule is CC(=O)Nc1cc(N)c(-c2ccc(C)nn2)cn1.Cl. The fourth-order valence-electron chi connectivity index (χ4n) is 1.48. The number of aromatic nitrogens is 3. The third kappa shape index (κ3) is 3.62. The second-order valence-corrected chi connectivity index (χ2v) is 3.90. The van der Waals surface area contributed by atoms with Crippen LogP contribution in [0.4, 0.5) is 11.5 Å². The van der Waals surface area contributed by atoms with E-state index in [1.54, 1.807) is 12.3 Å². The summed E-state index contributed by atoms with van der Waals surface area (Å²) < 4.78 is 0. The lowest BCUT2D eigenvalue weighted by atomic mass is 10.1. The molecule has 0 fully saturated rings. The Bertz CT molecular complexity index is 585. The number of nitrogens with zero attached hydrogens (tertiary/aromatic N) is 3. The molecule has 0 aromatic carbocycles.